The third kappa shape index (κ3) is 3.14. The Labute approximate surface area is 136 Å². The third-order valence-corrected chi connectivity index (χ3v) is 4.33. The number of hydrogen-bond donors (Lipinski definition) is 2. The number of hydrogen-bond acceptors (Lipinski definition) is 6. The first-order chi connectivity index (χ1) is 11.2. The predicted molar refractivity (Wildman–Crippen MR) is 92.1 cm³/mol. The summed E-state index contributed by atoms with van der Waals surface area (Å²) in [6.07, 6.45) is 3.22. The Balaban J connectivity index is 1.72. The fourth-order valence-electron chi connectivity index (χ4n) is 2.03. The number of fused-ring (bicyclic) bond motifs is 1. The van der Waals surface area contributed by atoms with Crippen LogP contribution in [-0.4, -0.2) is 24.2 Å². The van der Waals surface area contributed by atoms with E-state index in [1.165, 1.54) is 11.3 Å². The number of benzene rings is 1. The van der Waals surface area contributed by atoms with Crippen molar-refractivity contribution >= 4 is 39.4 Å². The van der Waals surface area contributed by atoms with E-state index < -0.39 is 0 Å². The van der Waals surface area contributed by atoms with Gasteiger partial charge in [0.25, 0.3) is 5.91 Å². The first-order valence-corrected chi connectivity index (χ1v) is 7.61. The molecule has 1 amide bonds. The van der Waals surface area contributed by atoms with Crippen molar-refractivity contribution in [3.8, 4) is 5.75 Å². The predicted octanol–water partition coefficient (Wildman–Crippen LogP) is 2.65. The quantitative estimate of drug-likeness (QED) is 0.570. The van der Waals surface area contributed by atoms with E-state index in [0.717, 1.165) is 21.5 Å². The molecule has 3 rings (SSSR count). The van der Waals surface area contributed by atoms with Crippen LogP contribution in [0.25, 0.3) is 10.2 Å². The fraction of sp³-hybridized carbons (Fsp3) is 0.0625. The van der Waals surface area contributed by atoms with Crippen molar-refractivity contribution in [2.45, 2.75) is 0 Å². The number of nitrogen functional groups attached to an aromatic ring is 1. The molecule has 3 aromatic rings. The van der Waals surface area contributed by atoms with E-state index in [0.29, 0.717) is 10.6 Å². The number of anilines is 1. The number of hydrazone groups is 1. The Morgan fingerprint density at radius 1 is 1.35 bits per heavy atom. The maximum absolute atomic E-state index is 12.2. The Hall–Kier alpha value is -2.93. The maximum Gasteiger partial charge on any atom is 0.283 e. The summed E-state index contributed by atoms with van der Waals surface area (Å²) in [7, 11) is 1.60. The van der Waals surface area contributed by atoms with Gasteiger partial charge in [0.2, 0.25) is 0 Å². The highest BCUT2D eigenvalue weighted by molar-refractivity contribution is 7.21. The standard InChI is InChI=1S/C16H14N4O2S/c1-22-11-6-4-10(5-7-11)9-19-20-15(21)14-13(17)12-3-2-8-18-16(12)23-14/h2-9H,17H2,1H3,(H,20,21)/b19-9+. The van der Waals surface area contributed by atoms with Crippen LogP contribution >= 0.6 is 11.3 Å². The van der Waals surface area contributed by atoms with Gasteiger partial charge in [-0.05, 0) is 42.0 Å². The summed E-state index contributed by atoms with van der Waals surface area (Å²) in [4.78, 5) is 17.5. The number of pyridine rings is 1. The molecule has 0 fully saturated rings. The smallest absolute Gasteiger partial charge is 0.283 e. The topological polar surface area (TPSA) is 89.6 Å². The number of nitrogens with one attached hydrogen (secondary N) is 1. The molecule has 6 nitrogen and oxygen atoms in total. The number of aromatic nitrogens is 1. The number of rotatable bonds is 4. The summed E-state index contributed by atoms with van der Waals surface area (Å²) in [5, 5.41) is 4.73. The van der Waals surface area contributed by atoms with Crippen LogP contribution in [0.1, 0.15) is 15.2 Å². The van der Waals surface area contributed by atoms with Crippen molar-refractivity contribution in [2.75, 3.05) is 12.8 Å². The zero-order chi connectivity index (χ0) is 16.2. The van der Waals surface area contributed by atoms with Crippen LogP contribution in [0, 0.1) is 0 Å². The van der Waals surface area contributed by atoms with Crippen LogP contribution < -0.4 is 15.9 Å². The maximum atomic E-state index is 12.2. The van der Waals surface area contributed by atoms with Gasteiger partial charge in [0.1, 0.15) is 15.5 Å². The molecule has 0 spiro atoms. The molecule has 1 aromatic carbocycles. The SMILES string of the molecule is COc1ccc(/C=N/NC(=O)c2sc3ncccc3c2N)cc1. The van der Waals surface area contributed by atoms with E-state index in [9.17, 15) is 4.79 Å². The number of thiophene rings is 1. The lowest BCUT2D eigenvalue weighted by Gasteiger charge is -2.00. The highest BCUT2D eigenvalue weighted by Crippen LogP contribution is 2.31. The van der Waals surface area contributed by atoms with E-state index in [1.807, 2.05) is 30.3 Å². The molecule has 23 heavy (non-hydrogen) atoms. The molecule has 0 unspecified atom stereocenters. The van der Waals surface area contributed by atoms with E-state index in [2.05, 4.69) is 15.5 Å². The van der Waals surface area contributed by atoms with Crippen molar-refractivity contribution in [1.82, 2.24) is 10.4 Å². The van der Waals surface area contributed by atoms with E-state index in [1.54, 1.807) is 25.6 Å². The molecule has 0 aliphatic heterocycles. The molecule has 116 valence electrons. The van der Waals surface area contributed by atoms with Gasteiger partial charge in [-0.2, -0.15) is 5.10 Å². The van der Waals surface area contributed by atoms with Crippen molar-refractivity contribution in [3.63, 3.8) is 0 Å². The van der Waals surface area contributed by atoms with Gasteiger partial charge in [0, 0.05) is 11.6 Å². The van der Waals surface area contributed by atoms with E-state index in [4.69, 9.17) is 10.5 Å². The molecule has 2 aromatic heterocycles. The molecular weight excluding hydrogens is 312 g/mol. The third-order valence-electron chi connectivity index (χ3n) is 3.21. The van der Waals surface area contributed by atoms with Gasteiger partial charge in [-0.1, -0.05) is 0 Å². The molecule has 0 atom stereocenters. The molecule has 0 radical (unpaired) electrons. The first kappa shape index (κ1) is 15.0. The Morgan fingerprint density at radius 2 is 2.13 bits per heavy atom. The summed E-state index contributed by atoms with van der Waals surface area (Å²) >= 11 is 1.24. The molecule has 0 aliphatic carbocycles. The van der Waals surface area contributed by atoms with Crippen LogP contribution in [0.3, 0.4) is 0 Å². The minimum atomic E-state index is -0.352. The Kier molecular flexibility index (Phi) is 4.20. The van der Waals surface area contributed by atoms with Crippen LogP contribution in [0.4, 0.5) is 5.69 Å². The highest BCUT2D eigenvalue weighted by atomic mass is 32.1. The number of methoxy groups -OCH3 is 1. The van der Waals surface area contributed by atoms with Crippen molar-refractivity contribution in [1.29, 1.82) is 0 Å². The second kappa shape index (κ2) is 6.45. The van der Waals surface area contributed by atoms with Crippen LogP contribution in [0.5, 0.6) is 5.75 Å². The Bertz CT molecular complexity index is 871. The van der Waals surface area contributed by atoms with Gasteiger partial charge >= 0.3 is 0 Å². The summed E-state index contributed by atoms with van der Waals surface area (Å²) in [5.41, 5.74) is 9.75. The summed E-state index contributed by atoms with van der Waals surface area (Å²) in [6, 6.07) is 10.9. The summed E-state index contributed by atoms with van der Waals surface area (Å²) in [5.74, 6) is 0.409. The molecular formula is C16H14N4O2S. The summed E-state index contributed by atoms with van der Waals surface area (Å²) in [6.45, 7) is 0. The molecule has 2 heterocycles. The van der Waals surface area contributed by atoms with Crippen LogP contribution in [0.15, 0.2) is 47.7 Å². The number of carbonyl (C=O) groups excluding carboxylic acids is 1. The second-order valence-corrected chi connectivity index (χ2v) is 5.67. The lowest BCUT2D eigenvalue weighted by Crippen LogP contribution is -2.17. The molecule has 0 saturated heterocycles. The number of nitrogens with zero attached hydrogens (tertiary/aromatic N) is 2. The molecule has 7 heteroatoms. The number of carbonyl (C=O) groups is 1. The van der Waals surface area contributed by atoms with Gasteiger partial charge in [0.15, 0.2) is 0 Å². The number of ether oxygens (including phenoxy) is 1. The highest BCUT2D eigenvalue weighted by Gasteiger charge is 2.16. The number of nitrogens with two attached hydrogens (primary N) is 1. The molecule has 0 bridgehead atoms. The zero-order valence-electron chi connectivity index (χ0n) is 12.3. The second-order valence-electron chi connectivity index (χ2n) is 4.67. The molecule has 3 N–H and O–H groups in total. The van der Waals surface area contributed by atoms with Crippen LogP contribution in [0.2, 0.25) is 0 Å². The van der Waals surface area contributed by atoms with E-state index >= 15 is 0 Å². The van der Waals surface area contributed by atoms with Crippen LogP contribution in [-0.2, 0) is 0 Å². The number of amides is 1. The van der Waals surface area contributed by atoms with Gasteiger partial charge in [0.05, 0.1) is 19.0 Å². The largest absolute Gasteiger partial charge is 0.497 e. The molecule has 0 saturated carbocycles. The fourth-order valence-corrected chi connectivity index (χ4v) is 2.98. The Morgan fingerprint density at radius 3 is 2.83 bits per heavy atom. The van der Waals surface area contributed by atoms with E-state index in [-0.39, 0.29) is 5.91 Å². The van der Waals surface area contributed by atoms with Gasteiger partial charge in [-0.15, -0.1) is 11.3 Å². The minimum Gasteiger partial charge on any atom is -0.497 e. The summed E-state index contributed by atoms with van der Waals surface area (Å²) < 4.78 is 5.08. The first-order valence-electron chi connectivity index (χ1n) is 6.79. The lowest BCUT2D eigenvalue weighted by molar-refractivity contribution is 0.0960. The van der Waals surface area contributed by atoms with Crippen molar-refractivity contribution < 1.29 is 9.53 Å². The lowest BCUT2D eigenvalue weighted by atomic mass is 10.2. The normalized spacial score (nSPS) is 11.0. The van der Waals surface area contributed by atoms with Crippen molar-refractivity contribution in [3.05, 3.63) is 53.0 Å². The van der Waals surface area contributed by atoms with Gasteiger partial charge in [-0.3, -0.25) is 4.79 Å². The van der Waals surface area contributed by atoms with Gasteiger partial charge in [-0.25, -0.2) is 10.4 Å². The monoisotopic (exact) mass is 326 g/mol. The minimum absolute atomic E-state index is 0.352. The zero-order valence-corrected chi connectivity index (χ0v) is 13.1. The van der Waals surface area contributed by atoms with Crippen molar-refractivity contribution in [2.24, 2.45) is 5.10 Å². The average molecular weight is 326 g/mol. The average Bonchev–Trinajstić information content (AvgIpc) is 2.93. The van der Waals surface area contributed by atoms with Gasteiger partial charge < -0.3 is 10.5 Å². The molecule has 0 aliphatic rings.